The van der Waals surface area contributed by atoms with Crippen LogP contribution in [0.4, 0.5) is 0 Å². The lowest BCUT2D eigenvalue weighted by atomic mass is 10.2. The first kappa shape index (κ1) is 19.8. The van der Waals surface area contributed by atoms with Crippen LogP contribution in [0.5, 0.6) is 11.6 Å². The molecule has 0 saturated carbocycles. The maximum atomic E-state index is 12.8. The minimum Gasteiger partial charge on any atom is -0.439 e. The summed E-state index contributed by atoms with van der Waals surface area (Å²) in [6.45, 7) is 0.448. The van der Waals surface area contributed by atoms with Gasteiger partial charge in [-0.2, -0.15) is 0 Å². The lowest BCUT2D eigenvalue weighted by Gasteiger charge is -2.14. The van der Waals surface area contributed by atoms with Crippen molar-refractivity contribution in [3.63, 3.8) is 0 Å². The van der Waals surface area contributed by atoms with E-state index in [9.17, 15) is 4.79 Å². The summed E-state index contributed by atoms with van der Waals surface area (Å²) in [6, 6.07) is 20.0. The first-order chi connectivity index (χ1) is 14.6. The number of amides is 1. The van der Waals surface area contributed by atoms with Crippen molar-refractivity contribution >= 4 is 28.6 Å². The van der Waals surface area contributed by atoms with Crippen molar-refractivity contribution in [1.82, 2.24) is 19.4 Å². The van der Waals surface area contributed by atoms with Crippen LogP contribution in [0.2, 0.25) is 0 Å². The molecule has 30 heavy (non-hydrogen) atoms. The molecule has 7 nitrogen and oxygen atoms in total. The van der Waals surface area contributed by atoms with Crippen LogP contribution in [-0.4, -0.2) is 25.3 Å². The van der Waals surface area contributed by atoms with E-state index in [0.717, 1.165) is 15.3 Å². The number of nitrogens with two attached hydrogens (primary N) is 1. The Balaban J connectivity index is 1.48. The van der Waals surface area contributed by atoms with E-state index in [4.69, 9.17) is 22.2 Å². The highest BCUT2D eigenvalue weighted by Gasteiger charge is 2.16. The first-order valence-corrected chi connectivity index (χ1v) is 9.57. The maximum absolute atomic E-state index is 12.8. The number of fused-ring (bicyclic) bond motifs is 1. The average Bonchev–Trinajstić information content (AvgIpc) is 2.78. The van der Waals surface area contributed by atoms with E-state index in [0.29, 0.717) is 28.6 Å². The van der Waals surface area contributed by atoms with Crippen molar-refractivity contribution in [2.75, 3.05) is 0 Å². The standard InChI is InChI=1S/C22H18ClN5O2/c23-28(13-17-9-8-15-4-1-2-7-20(15)27-17)22(29)16-5-3-6-19(10-16)30-21-11-18(12-24)25-14-26-21/h1-11,14H,12-13,24H2. The summed E-state index contributed by atoms with van der Waals surface area (Å²) in [5, 5.41) is 1.03. The molecule has 2 N–H and O–H groups in total. The van der Waals surface area contributed by atoms with E-state index in [-0.39, 0.29) is 19.0 Å². The molecule has 2 heterocycles. The zero-order valence-corrected chi connectivity index (χ0v) is 16.7. The quantitative estimate of drug-likeness (QED) is 0.473. The fraction of sp³-hybridized carbons (Fsp3) is 0.0909. The fourth-order valence-corrected chi connectivity index (χ4v) is 3.13. The van der Waals surface area contributed by atoms with Gasteiger partial charge >= 0.3 is 0 Å². The highest BCUT2D eigenvalue weighted by atomic mass is 35.5. The van der Waals surface area contributed by atoms with Crippen LogP contribution in [0, 0.1) is 0 Å². The number of nitrogens with zero attached hydrogens (tertiary/aromatic N) is 4. The summed E-state index contributed by atoms with van der Waals surface area (Å²) < 4.78 is 6.83. The molecule has 2 aromatic carbocycles. The number of carbonyl (C=O) groups is 1. The molecule has 4 aromatic rings. The van der Waals surface area contributed by atoms with Gasteiger partial charge in [0.1, 0.15) is 12.1 Å². The lowest BCUT2D eigenvalue weighted by molar-refractivity contribution is 0.0856. The second-order valence-electron chi connectivity index (χ2n) is 6.50. The van der Waals surface area contributed by atoms with Gasteiger partial charge in [-0.25, -0.2) is 14.4 Å². The molecular formula is C22H18ClN5O2. The minimum absolute atomic E-state index is 0.169. The number of ether oxygens (including phenoxy) is 1. The third-order valence-electron chi connectivity index (χ3n) is 4.39. The summed E-state index contributed by atoms with van der Waals surface area (Å²) in [6.07, 6.45) is 1.38. The number of rotatable bonds is 6. The zero-order valence-electron chi connectivity index (χ0n) is 15.9. The van der Waals surface area contributed by atoms with Gasteiger partial charge in [-0.3, -0.25) is 9.78 Å². The normalized spacial score (nSPS) is 10.7. The monoisotopic (exact) mass is 419 g/mol. The van der Waals surface area contributed by atoms with E-state index in [1.165, 1.54) is 6.33 Å². The Morgan fingerprint density at radius 3 is 2.73 bits per heavy atom. The molecule has 0 aliphatic rings. The molecule has 0 radical (unpaired) electrons. The summed E-state index contributed by atoms with van der Waals surface area (Å²) in [5.74, 6) is 0.442. The number of benzene rings is 2. The molecule has 0 unspecified atom stereocenters. The Morgan fingerprint density at radius 1 is 1.00 bits per heavy atom. The molecule has 8 heteroatoms. The summed E-state index contributed by atoms with van der Waals surface area (Å²) in [5.41, 5.74) is 8.17. The lowest BCUT2D eigenvalue weighted by Crippen LogP contribution is -2.21. The van der Waals surface area contributed by atoms with E-state index < -0.39 is 0 Å². The molecule has 0 aliphatic carbocycles. The Kier molecular flexibility index (Phi) is 5.83. The third kappa shape index (κ3) is 4.53. The molecule has 0 bridgehead atoms. The second-order valence-corrected chi connectivity index (χ2v) is 6.91. The van der Waals surface area contributed by atoms with E-state index >= 15 is 0 Å². The molecule has 150 valence electrons. The van der Waals surface area contributed by atoms with Crippen molar-refractivity contribution in [2.24, 2.45) is 5.73 Å². The van der Waals surface area contributed by atoms with Crippen molar-refractivity contribution in [1.29, 1.82) is 0 Å². The number of aromatic nitrogens is 3. The average molecular weight is 420 g/mol. The molecule has 0 aliphatic heterocycles. The predicted molar refractivity (Wildman–Crippen MR) is 114 cm³/mol. The van der Waals surface area contributed by atoms with Gasteiger partial charge in [0.2, 0.25) is 5.88 Å². The van der Waals surface area contributed by atoms with Crippen molar-refractivity contribution in [2.45, 2.75) is 13.1 Å². The van der Waals surface area contributed by atoms with Gasteiger partial charge in [-0.1, -0.05) is 30.3 Å². The maximum Gasteiger partial charge on any atom is 0.268 e. The highest BCUT2D eigenvalue weighted by Crippen LogP contribution is 2.22. The predicted octanol–water partition coefficient (Wildman–Crippen LogP) is 4.07. The number of para-hydroxylation sites is 1. The van der Waals surface area contributed by atoms with Crippen LogP contribution < -0.4 is 10.5 Å². The van der Waals surface area contributed by atoms with Gasteiger partial charge in [0, 0.05) is 35.3 Å². The third-order valence-corrected chi connectivity index (χ3v) is 4.66. The Hall–Kier alpha value is -3.55. The number of hydrogen-bond donors (Lipinski definition) is 1. The zero-order chi connectivity index (χ0) is 20.9. The van der Waals surface area contributed by atoms with Gasteiger partial charge in [0.25, 0.3) is 5.91 Å². The smallest absolute Gasteiger partial charge is 0.268 e. The molecule has 2 aromatic heterocycles. The van der Waals surface area contributed by atoms with E-state index in [2.05, 4.69) is 15.0 Å². The fourth-order valence-electron chi connectivity index (χ4n) is 2.91. The number of halogens is 1. The van der Waals surface area contributed by atoms with Gasteiger partial charge in [0.15, 0.2) is 0 Å². The van der Waals surface area contributed by atoms with Crippen LogP contribution in [0.1, 0.15) is 21.7 Å². The summed E-state index contributed by atoms with van der Waals surface area (Å²) in [4.78, 5) is 25.4. The molecule has 0 atom stereocenters. The van der Waals surface area contributed by atoms with Crippen molar-refractivity contribution in [3.8, 4) is 11.6 Å². The van der Waals surface area contributed by atoms with Crippen LogP contribution in [-0.2, 0) is 13.1 Å². The van der Waals surface area contributed by atoms with Gasteiger partial charge in [-0.15, -0.1) is 0 Å². The molecular weight excluding hydrogens is 402 g/mol. The number of hydrogen-bond acceptors (Lipinski definition) is 6. The molecule has 4 rings (SSSR count). The van der Waals surface area contributed by atoms with Crippen LogP contribution in [0.3, 0.4) is 0 Å². The Bertz CT molecular complexity index is 1200. The number of carbonyl (C=O) groups excluding carboxylic acids is 1. The topological polar surface area (TPSA) is 94.2 Å². The largest absolute Gasteiger partial charge is 0.439 e. The summed E-state index contributed by atoms with van der Waals surface area (Å²) in [7, 11) is 0. The summed E-state index contributed by atoms with van der Waals surface area (Å²) >= 11 is 6.27. The second kappa shape index (κ2) is 8.86. The van der Waals surface area contributed by atoms with Crippen molar-refractivity contribution < 1.29 is 9.53 Å². The van der Waals surface area contributed by atoms with Crippen molar-refractivity contribution in [3.05, 3.63) is 90.0 Å². The van der Waals surface area contributed by atoms with Gasteiger partial charge in [-0.05, 0) is 30.3 Å². The molecule has 0 fully saturated rings. The minimum atomic E-state index is -0.359. The van der Waals surface area contributed by atoms with Gasteiger partial charge < -0.3 is 10.5 Å². The molecule has 1 amide bonds. The molecule has 0 spiro atoms. The van der Waals surface area contributed by atoms with Crippen LogP contribution >= 0.6 is 11.8 Å². The van der Waals surface area contributed by atoms with Crippen LogP contribution in [0.25, 0.3) is 10.9 Å². The Labute approximate surface area is 178 Å². The van der Waals surface area contributed by atoms with Crippen LogP contribution in [0.15, 0.2) is 73.1 Å². The number of pyridine rings is 1. The SMILES string of the molecule is NCc1cc(Oc2cccc(C(=O)N(Cl)Cc3ccc4ccccc4n3)c2)ncn1. The van der Waals surface area contributed by atoms with E-state index in [1.54, 1.807) is 30.3 Å². The highest BCUT2D eigenvalue weighted by molar-refractivity contribution is 6.24. The Morgan fingerprint density at radius 2 is 1.87 bits per heavy atom. The van der Waals surface area contributed by atoms with Gasteiger partial charge in [0.05, 0.1) is 23.4 Å². The molecule has 0 saturated heterocycles. The first-order valence-electron chi connectivity index (χ1n) is 9.23. The van der Waals surface area contributed by atoms with E-state index in [1.807, 2.05) is 36.4 Å².